The predicted octanol–water partition coefficient (Wildman–Crippen LogP) is 12.2. The Labute approximate surface area is 252 Å². The molecule has 202 valence electrons. The fraction of sp³-hybridized carbons (Fsp3) is 0. The first-order valence-corrected chi connectivity index (χ1v) is 15.3. The Morgan fingerprint density at radius 2 is 1.09 bits per heavy atom. The number of hydrogen-bond donors (Lipinski definition) is 0. The standard InChI is InChI=1S/C40H25NOS/c1-2-10-31-27(8-1)9-7-13-36(31)41(30-21-22-33-32-11-3-5-14-37(32)42-38(33)25-30)29-19-16-26(17-20-29)28-18-23-40-35(24-28)34-12-4-6-15-39(34)43-40/h1-25H. The molecule has 43 heavy (non-hydrogen) atoms. The predicted molar refractivity (Wildman–Crippen MR) is 184 cm³/mol. The minimum atomic E-state index is 0.886. The fourth-order valence-corrected chi connectivity index (χ4v) is 7.48. The molecule has 0 aliphatic heterocycles. The summed E-state index contributed by atoms with van der Waals surface area (Å²) >= 11 is 1.86. The van der Waals surface area contributed by atoms with Crippen molar-refractivity contribution in [2.24, 2.45) is 0 Å². The summed E-state index contributed by atoms with van der Waals surface area (Å²) in [5.41, 5.74) is 7.50. The van der Waals surface area contributed by atoms with Gasteiger partial charge in [0, 0.05) is 53.8 Å². The van der Waals surface area contributed by atoms with E-state index in [1.807, 2.05) is 23.5 Å². The Balaban J connectivity index is 1.19. The van der Waals surface area contributed by atoms with Crippen LogP contribution in [0.1, 0.15) is 0 Å². The van der Waals surface area contributed by atoms with Gasteiger partial charge < -0.3 is 9.32 Å². The molecule has 2 aromatic heterocycles. The maximum Gasteiger partial charge on any atom is 0.137 e. The number of nitrogens with zero attached hydrogens (tertiary/aromatic N) is 1. The molecule has 0 unspecified atom stereocenters. The van der Waals surface area contributed by atoms with Gasteiger partial charge in [-0.25, -0.2) is 0 Å². The molecule has 9 rings (SSSR count). The van der Waals surface area contributed by atoms with Crippen molar-refractivity contribution in [2.45, 2.75) is 0 Å². The first-order valence-electron chi connectivity index (χ1n) is 14.5. The summed E-state index contributed by atoms with van der Waals surface area (Å²) in [4.78, 5) is 2.34. The summed E-state index contributed by atoms with van der Waals surface area (Å²) in [6, 6.07) is 54.3. The lowest BCUT2D eigenvalue weighted by atomic mass is 10.0. The van der Waals surface area contributed by atoms with Crippen LogP contribution in [0.15, 0.2) is 156 Å². The van der Waals surface area contributed by atoms with E-state index in [2.05, 4.69) is 144 Å². The number of rotatable bonds is 4. The van der Waals surface area contributed by atoms with Crippen molar-refractivity contribution in [1.82, 2.24) is 0 Å². The normalized spacial score (nSPS) is 11.7. The maximum atomic E-state index is 6.31. The van der Waals surface area contributed by atoms with Crippen LogP contribution in [0, 0.1) is 0 Å². The van der Waals surface area contributed by atoms with Gasteiger partial charge in [0.05, 0.1) is 5.69 Å². The summed E-state index contributed by atoms with van der Waals surface area (Å²) in [6.45, 7) is 0. The molecular formula is C40H25NOS. The van der Waals surface area contributed by atoms with Crippen LogP contribution < -0.4 is 4.90 Å². The molecule has 0 N–H and O–H groups in total. The second-order valence-corrected chi connectivity index (χ2v) is 12.1. The van der Waals surface area contributed by atoms with E-state index in [0.29, 0.717) is 0 Å². The third kappa shape index (κ3) is 3.93. The zero-order valence-electron chi connectivity index (χ0n) is 23.2. The highest BCUT2D eigenvalue weighted by atomic mass is 32.1. The Morgan fingerprint density at radius 1 is 0.419 bits per heavy atom. The molecule has 0 aliphatic rings. The zero-order valence-corrected chi connectivity index (χ0v) is 24.0. The number of thiophene rings is 1. The van der Waals surface area contributed by atoms with E-state index in [9.17, 15) is 0 Å². The number of hydrogen-bond acceptors (Lipinski definition) is 3. The molecule has 0 spiro atoms. The smallest absolute Gasteiger partial charge is 0.137 e. The van der Waals surface area contributed by atoms with Gasteiger partial charge in [-0.15, -0.1) is 11.3 Å². The second-order valence-electron chi connectivity index (χ2n) is 11.0. The topological polar surface area (TPSA) is 16.4 Å². The molecule has 2 heterocycles. The number of anilines is 3. The highest BCUT2D eigenvalue weighted by Crippen LogP contribution is 2.42. The SMILES string of the molecule is c1ccc2c(N(c3ccc(-c4ccc5sc6ccccc6c5c4)cc3)c3ccc4c(c3)oc3ccccc34)cccc2c1. The first-order chi connectivity index (χ1) is 21.3. The number of benzene rings is 7. The Morgan fingerprint density at radius 3 is 2.00 bits per heavy atom. The molecule has 2 nitrogen and oxygen atoms in total. The highest BCUT2D eigenvalue weighted by Gasteiger charge is 2.18. The number of para-hydroxylation sites is 1. The van der Waals surface area contributed by atoms with Gasteiger partial charge in [-0.05, 0) is 71.1 Å². The average molecular weight is 568 g/mol. The van der Waals surface area contributed by atoms with E-state index in [0.717, 1.165) is 39.0 Å². The van der Waals surface area contributed by atoms with Crippen LogP contribution in [0.3, 0.4) is 0 Å². The van der Waals surface area contributed by atoms with E-state index in [1.165, 1.54) is 42.1 Å². The summed E-state index contributed by atoms with van der Waals surface area (Å²) in [6.07, 6.45) is 0. The van der Waals surface area contributed by atoms with Gasteiger partial charge in [0.2, 0.25) is 0 Å². The van der Waals surface area contributed by atoms with Gasteiger partial charge in [0.15, 0.2) is 0 Å². The van der Waals surface area contributed by atoms with Crippen molar-refractivity contribution in [2.75, 3.05) is 4.90 Å². The molecular weight excluding hydrogens is 543 g/mol. The van der Waals surface area contributed by atoms with Crippen LogP contribution in [0.2, 0.25) is 0 Å². The van der Waals surface area contributed by atoms with Crippen molar-refractivity contribution < 1.29 is 4.42 Å². The molecule has 3 heteroatoms. The summed E-state index contributed by atoms with van der Waals surface area (Å²) in [5.74, 6) is 0. The first kappa shape index (κ1) is 24.2. The Bertz CT molecular complexity index is 2460. The van der Waals surface area contributed by atoms with Gasteiger partial charge in [-0.1, -0.05) is 91.0 Å². The van der Waals surface area contributed by atoms with Crippen molar-refractivity contribution in [3.8, 4) is 11.1 Å². The number of fused-ring (bicyclic) bond motifs is 7. The van der Waals surface area contributed by atoms with Gasteiger partial charge in [-0.3, -0.25) is 0 Å². The van der Waals surface area contributed by atoms with Crippen molar-refractivity contribution in [3.05, 3.63) is 152 Å². The van der Waals surface area contributed by atoms with Crippen molar-refractivity contribution in [3.63, 3.8) is 0 Å². The van der Waals surface area contributed by atoms with Crippen LogP contribution in [-0.4, -0.2) is 0 Å². The minimum absolute atomic E-state index is 0.886. The van der Waals surface area contributed by atoms with Crippen LogP contribution in [0.5, 0.6) is 0 Å². The van der Waals surface area contributed by atoms with Crippen LogP contribution in [-0.2, 0) is 0 Å². The monoisotopic (exact) mass is 567 g/mol. The highest BCUT2D eigenvalue weighted by molar-refractivity contribution is 7.25. The van der Waals surface area contributed by atoms with E-state index >= 15 is 0 Å². The van der Waals surface area contributed by atoms with Crippen molar-refractivity contribution >= 4 is 81.3 Å². The van der Waals surface area contributed by atoms with Gasteiger partial charge in [-0.2, -0.15) is 0 Å². The molecule has 0 saturated heterocycles. The molecule has 0 bridgehead atoms. The second kappa shape index (κ2) is 9.59. The molecule has 0 fully saturated rings. The maximum absolute atomic E-state index is 6.31. The van der Waals surface area contributed by atoms with Crippen LogP contribution in [0.25, 0.3) is 64.0 Å². The van der Waals surface area contributed by atoms with E-state index in [4.69, 9.17) is 4.42 Å². The fourth-order valence-electron chi connectivity index (χ4n) is 6.39. The quantitative estimate of drug-likeness (QED) is 0.210. The Kier molecular flexibility index (Phi) is 5.40. The third-order valence-electron chi connectivity index (χ3n) is 8.46. The van der Waals surface area contributed by atoms with E-state index in [1.54, 1.807) is 0 Å². The largest absolute Gasteiger partial charge is 0.456 e. The van der Waals surface area contributed by atoms with Crippen molar-refractivity contribution in [1.29, 1.82) is 0 Å². The lowest BCUT2D eigenvalue weighted by Crippen LogP contribution is -2.10. The molecule has 0 atom stereocenters. The van der Waals surface area contributed by atoms with Gasteiger partial charge in [0.25, 0.3) is 0 Å². The molecule has 7 aromatic carbocycles. The van der Waals surface area contributed by atoms with E-state index < -0.39 is 0 Å². The molecule has 0 radical (unpaired) electrons. The third-order valence-corrected chi connectivity index (χ3v) is 9.62. The summed E-state index contributed by atoms with van der Waals surface area (Å²) in [7, 11) is 0. The average Bonchev–Trinajstić information content (AvgIpc) is 3.63. The molecule has 0 saturated carbocycles. The summed E-state index contributed by atoms with van der Waals surface area (Å²) in [5, 5.41) is 7.32. The lowest BCUT2D eigenvalue weighted by molar-refractivity contribution is 0.669. The zero-order chi connectivity index (χ0) is 28.3. The minimum Gasteiger partial charge on any atom is -0.456 e. The Hall–Kier alpha value is -5.38. The van der Waals surface area contributed by atoms with Crippen LogP contribution >= 0.6 is 11.3 Å². The summed E-state index contributed by atoms with van der Waals surface area (Å²) < 4.78 is 8.97. The molecule has 0 amide bonds. The number of furan rings is 1. The van der Waals surface area contributed by atoms with E-state index in [-0.39, 0.29) is 0 Å². The molecule has 0 aliphatic carbocycles. The van der Waals surface area contributed by atoms with Gasteiger partial charge in [0.1, 0.15) is 11.2 Å². The van der Waals surface area contributed by atoms with Gasteiger partial charge >= 0.3 is 0 Å². The van der Waals surface area contributed by atoms with Crippen LogP contribution in [0.4, 0.5) is 17.1 Å². The molecule has 9 aromatic rings. The lowest BCUT2D eigenvalue weighted by Gasteiger charge is -2.27.